The van der Waals surface area contributed by atoms with Crippen LogP contribution in [0.2, 0.25) is 5.02 Å². The van der Waals surface area contributed by atoms with Crippen molar-refractivity contribution in [1.82, 2.24) is 4.31 Å². The number of halogens is 1. The van der Waals surface area contributed by atoms with E-state index < -0.39 is 28.1 Å². The van der Waals surface area contributed by atoms with Crippen LogP contribution in [0.15, 0.2) is 41.8 Å². The fourth-order valence-corrected chi connectivity index (χ4v) is 4.35. The van der Waals surface area contributed by atoms with Gasteiger partial charge in [0.15, 0.2) is 0 Å². The van der Waals surface area contributed by atoms with Crippen molar-refractivity contribution in [3.63, 3.8) is 0 Å². The predicted octanol–water partition coefficient (Wildman–Crippen LogP) is 1.85. The number of sulfonamides is 1. The minimum atomic E-state index is -3.91. The number of benzene rings is 1. The number of hydrogen-bond donors (Lipinski definition) is 0. The molecule has 2 rings (SSSR count). The van der Waals surface area contributed by atoms with Crippen LogP contribution >= 0.6 is 11.6 Å². The second-order valence-corrected chi connectivity index (χ2v) is 7.32. The zero-order valence-electron chi connectivity index (χ0n) is 12.6. The largest absolute Gasteiger partial charge is 0.468 e. The Morgan fingerprint density at radius 3 is 2.65 bits per heavy atom. The van der Waals surface area contributed by atoms with E-state index in [0.717, 1.165) is 4.31 Å². The maximum Gasteiger partial charge on any atom is 0.326 e. The van der Waals surface area contributed by atoms with Gasteiger partial charge >= 0.3 is 5.97 Å². The molecule has 6 nitrogen and oxygen atoms in total. The number of hydrogen-bond acceptors (Lipinski definition) is 5. The topological polar surface area (TPSA) is 72.9 Å². The van der Waals surface area contributed by atoms with E-state index in [1.165, 1.54) is 31.4 Å². The number of esters is 1. The van der Waals surface area contributed by atoms with Crippen molar-refractivity contribution in [2.75, 3.05) is 20.3 Å². The van der Waals surface area contributed by atoms with Gasteiger partial charge in [-0.25, -0.2) is 8.42 Å². The van der Waals surface area contributed by atoms with E-state index in [0.29, 0.717) is 11.4 Å². The summed E-state index contributed by atoms with van der Waals surface area (Å²) in [5.41, 5.74) is 0. The summed E-state index contributed by atoms with van der Waals surface area (Å²) in [5.74, 6) is -0.656. The molecule has 0 spiro atoms. The van der Waals surface area contributed by atoms with Crippen molar-refractivity contribution < 1.29 is 22.7 Å². The number of carbonyl (C=O) groups excluding carboxylic acids is 1. The molecule has 1 aromatic carbocycles. The number of morpholine rings is 1. The first-order valence-electron chi connectivity index (χ1n) is 6.97. The Bertz CT molecular complexity index is 674. The first kappa shape index (κ1) is 17.9. The molecule has 126 valence electrons. The highest BCUT2D eigenvalue weighted by Crippen LogP contribution is 2.27. The summed E-state index contributed by atoms with van der Waals surface area (Å²) in [6.07, 6.45) is 1.96. The Hall–Kier alpha value is -1.41. The van der Waals surface area contributed by atoms with Gasteiger partial charge in [0, 0.05) is 5.02 Å². The molecule has 1 aliphatic rings. The summed E-state index contributed by atoms with van der Waals surface area (Å²) in [5, 5.41) is 0.429. The predicted molar refractivity (Wildman–Crippen MR) is 85.7 cm³/mol. The number of methoxy groups -OCH3 is 1. The number of carbonyl (C=O) groups is 1. The van der Waals surface area contributed by atoms with Crippen molar-refractivity contribution >= 4 is 27.6 Å². The van der Waals surface area contributed by atoms with Gasteiger partial charge in [0.1, 0.15) is 6.04 Å². The SMILES string of the molecule is C=CC[C@@H]1COC[C@H](C(=O)OC)N1S(=O)(=O)c1ccc(Cl)cc1. The minimum Gasteiger partial charge on any atom is -0.468 e. The summed E-state index contributed by atoms with van der Waals surface area (Å²) in [6.45, 7) is 3.77. The highest BCUT2D eigenvalue weighted by Gasteiger charge is 2.44. The first-order valence-corrected chi connectivity index (χ1v) is 8.79. The lowest BCUT2D eigenvalue weighted by Crippen LogP contribution is -2.57. The fourth-order valence-electron chi connectivity index (χ4n) is 2.48. The van der Waals surface area contributed by atoms with Gasteiger partial charge < -0.3 is 9.47 Å². The molecular formula is C15H18ClNO5S. The van der Waals surface area contributed by atoms with Crippen LogP contribution in [0, 0.1) is 0 Å². The van der Waals surface area contributed by atoms with Crippen LogP contribution < -0.4 is 0 Å². The molecule has 0 aromatic heterocycles. The lowest BCUT2D eigenvalue weighted by Gasteiger charge is -2.38. The zero-order valence-corrected chi connectivity index (χ0v) is 14.2. The molecule has 0 N–H and O–H groups in total. The van der Waals surface area contributed by atoms with Crippen LogP contribution in [0.25, 0.3) is 0 Å². The summed E-state index contributed by atoms with van der Waals surface area (Å²) < 4.78 is 37.3. The summed E-state index contributed by atoms with van der Waals surface area (Å²) in [4.78, 5) is 12.1. The second kappa shape index (κ2) is 7.44. The molecule has 23 heavy (non-hydrogen) atoms. The van der Waals surface area contributed by atoms with Crippen molar-refractivity contribution in [3.8, 4) is 0 Å². The van der Waals surface area contributed by atoms with E-state index in [2.05, 4.69) is 6.58 Å². The van der Waals surface area contributed by atoms with Gasteiger partial charge in [-0.2, -0.15) is 4.31 Å². The molecular weight excluding hydrogens is 342 g/mol. The highest BCUT2D eigenvalue weighted by molar-refractivity contribution is 7.89. The van der Waals surface area contributed by atoms with E-state index in [9.17, 15) is 13.2 Å². The Balaban J connectivity index is 2.47. The maximum absolute atomic E-state index is 13.0. The Morgan fingerprint density at radius 2 is 2.09 bits per heavy atom. The van der Waals surface area contributed by atoms with Gasteiger partial charge in [0.25, 0.3) is 0 Å². The van der Waals surface area contributed by atoms with E-state index in [1.807, 2.05) is 0 Å². The van der Waals surface area contributed by atoms with Crippen LogP contribution in [0.5, 0.6) is 0 Å². The first-order chi connectivity index (χ1) is 10.9. The smallest absolute Gasteiger partial charge is 0.326 e. The molecule has 1 fully saturated rings. The molecule has 0 bridgehead atoms. The van der Waals surface area contributed by atoms with Crippen LogP contribution in [0.4, 0.5) is 0 Å². The second-order valence-electron chi connectivity index (χ2n) is 5.04. The molecule has 0 amide bonds. The summed E-state index contributed by atoms with van der Waals surface area (Å²) in [6, 6.07) is 4.25. The third-order valence-electron chi connectivity index (χ3n) is 3.55. The van der Waals surface area contributed by atoms with Gasteiger partial charge in [-0.05, 0) is 30.7 Å². The van der Waals surface area contributed by atoms with Gasteiger partial charge in [-0.15, -0.1) is 6.58 Å². The molecule has 8 heteroatoms. The minimum absolute atomic E-state index is 0.0485. The summed E-state index contributed by atoms with van der Waals surface area (Å²) in [7, 11) is -2.69. The molecule has 1 saturated heterocycles. The average molecular weight is 360 g/mol. The summed E-state index contributed by atoms with van der Waals surface area (Å²) >= 11 is 5.81. The number of ether oxygens (including phenoxy) is 2. The van der Waals surface area contributed by atoms with Crippen molar-refractivity contribution in [2.45, 2.75) is 23.4 Å². The molecule has 1 heterocycles. The molecule has 0 radical (unpaired) electrons. The molecule has 2 atom stereocenters. The fraction of sp³-hybridized carbons (Fsp3) is 0.400. The Labute approximate surface area is 140 Å². The Morgan fingerprint density at radius 1 is 1.43 bits per heavy atom. The zero-order chi connectivity index (χ0) is 17.0. The monoisotopic (exact) mass is 359 g/mol. The van der Waals surface area contributed by atoms with E-state index in [4.69, 9.17) is 21.1 Å². The van der Waals surface area contributed by atoms with Crippen molar-refractivity contribution in [1.29, 1.82) is 0 Å². The van der Waals surface area contributed by atoms with Crippen molar-refractivity contribution in [3.05, 3.63) is 41.9 Å². The number of nitrogens with zero attached hydrogens (tertiary/aromatic N) is 1. The van der Waals surface area contributed by atoms with Crippen LogP contribution in [-0.4, -0.2) is 51.1 Å². The molecule has 0 saturated carbocycles. The van der Waals surface area contributed by atoms with Crippen LogP contribution in [0.1, 0.15) is 6.42 Å². The normalized spacial score (nSPS) is 22.5. The van der Waals surface area contributed by atoms with Crippen LogP contribution in [0.3, 0.4) is 0 Å². The third-order valence-corrected chi connectivity index (χ3v) is 5.78. The van der Waals surface area contributed by atoms with Crippen LogP contribution in [-0.2, 0) is 24.3 Å². The maximum atomic E-state index is 13.0. The molecule has 1 aliphatic heterocycles. The van der Waals surface area contributed by atoms with Gasteiger partial charge in [-0.1, -0.05) is 17.7 Å². The lowest BCUT2D eigenvalue weighted by atomic mass is 10.1. The standard InChI is InChI=1S/C15H18ClNO5S/c1-3-4-12-9-22-10-14(15(18)21-2)17(12)23(19,20)13-7-5-11(16)6-8-13/h3,5-8,12,14H,1,4,9-10H2,2H3/t12-,14-/m1/s1. The highest BCUT2D eigenvalue weighted by atomic mass is 35.5. The molecule has 0 aliphatic carbocycles. The molecule has 0 unspecified atom stereocenters. The van der Waals surface area contributed by atoms with E-state index in [-0.39, 0.29) is 18.1 Å². The third kappa shape index (κ3) is 3.74. The van der Waals surface area contributed by atoms with Crippen molar-refractivity contribution in [2.24, 2.45) is 0 Å². The Kier molecular flexibility index (Phi) is 5.80. The lowest BCUT2D eigenvalue weighted by molar-refractivity contribution is -0.151. The average Bonchev–Trinajstić information content (AvgIpc) is 2.54. The van der Waals surface area contributed by atoms with E-state index >= 15 is 0 Å². The van der Waals surface area contributed by atoms with E-state index in [1.54, 1.807) is 6.08 Å². The van der Waals surface area contributed by atoms with Gasteiger partial charge in [-0.3, -0.25) is 4.79 Å². The van der Waals surface area contributed by atoms with Gasteiger partial charge in [0.05, 0.1) is 31.3 Å². The molecule has 1 aromatic rings. The van der Waals surface area contributed by atoms with Gasteiger partial charge in [0.2, 0.25) is 10.0 Å². The number of rotatable bonds is 5. The quantitative estimate of drug-likeness (QED) is 0.592.